The number of amides is 1. The summed E-state index contributed by atoms with van der Waals surface area (Å²) in [5.41, 5.74) is 5.30. The van der Waals surface area contributed by atoms with E-state index in [-0.39, 0.29) is 5.91 Å². The van der Waals surface area contributed by atoms with Gasteiger partial charge in [0.2, 0.25) is 5.91 Å². The lowest BCUT2D eigenvalue weighted by atomic mass is 9.69. The minimum atomic E-state index is -1.04. The van der Waals surface area contributed by atoms with Gasteiger partial charge in [-0.1, -0.05) is 55.7 Å². The Bertz CT molecular complexity index is 1230. The number of carboxylic acid groups (broad SMARTS) is 1. The van der Waals surface area contributed by atoms with Gasteiger partial charge >= 0.3 is 5.97 Å². The van der Waals surface area contributed by atoms with Crippen molar-refractivity contribution in [1.82, 2.24) is 4.98 Å². The predicted octanol–water partition coefficient (Wildman–Crippen LogP) is 6.04. The summed E-state index contributed by atoms with van der Waals surface area (Å²) in [5.74, 6) is -1.02. The van der Waals surface area contributed by atoms with Crippen molar-refractivity contribution < 1.29 is 14.7 Å². The molecule has 6 nitrogen and oxygen atoms in total. The van der Waals surface area contributed by atoms with Gasteiger partial charge < -0.3 is 15.3 Å². The summed E-state index contributed by atoms with van der Waals surface area (Å²) in [6.45, 7) is 0. The molecule has 6 heteroatoms. The van der Waals surface area contributed by atoms with Crippen molar-refractivity contribution in [3.8, 4) is 11.1 Å². The van der Waals surface area contributed by atoms with Crippen LogP contribution in [0.5, 0.6) is 0 Å². The fourth-order valence-corrected chi connectivity index (χ4v) is 4.91. The van der Waals surface area contributed by atoms with Crippen molar-refractivity contribution in [2.24, 2.45) is 5.41 Å². The molecule has 0 aliphatic heterocycles. The van der Waals surface area contributed by atoms with Crippen LogP contribution in [0, 0.1) is 5.41 Å². The van der Waals surface area contributed by atoms with E-state index in [0.29, 0.717) is 17.8 Å². The Morgan fingerprint density at radius 1 is 0.972 bits per heavy atom. The zero-order valence-electron chi connectivity index (χ0n) is 20.9. The van der Waals surface area contributed by atoms with Crippen LogP contribution in [-0.4, -0.2) is 36.1 Å². The highest BCUT2D eigenvalue weighted by molar-refractivity contribution is 5.96. The number of carboxylic acids is 1. The molecule has 2 aromatic carbocycles. The molecule has 36 heavy (non-hydrogen) atoms. The molecule has 0 bridgehead atoms. The molecular weight excluding hydrogens is 450 g/mol. The molecule has 1 amide bonds. The summed E-state index contributed by atoms with van der Waals surface area (Å²) in [6.07, 6.45) is 9.65. The van der Waals surface area contributed by atoms with Crippen LogP contribution in [0.15, 0.2) is 72.9 Å². The SMILES string of the molecule is CN(C)c1ccc(-c2ccc(CC3(C(=O)Nc4ccnc(/C=C/C(=O)O)c4)CCCCC3)cc2)cc1. The Balaban J connectivity index is 1.50. The molecular formula is C30H33N3O3. The van der Waals surface area contributed by atoms with E-state index in [1.165, 1.54) is 17.3 Å². The number of carbonyl (C=O) groups excluding carboxylic acids is 1. The fraction of sp³-hybridized carbons (Fsp3) is 0.300. The summed E-state index contributed by atoms with van der Waals surface area (Å²) in [6, 6.07) is 20.5. The maximum Gasteiger partial charge on any atom is 0.328 e. The van der Waals surface area contributed by atoms with Crippen molar-refractivity contribution in [2.75, 3.05) is 24.3 Å². The highest BCUT2D eigenvalue weighted by atomic mass is 16.4. The minimum Gasteiger partial charge on any atom is -0.478 e. The van der Waals surface area contributed by atoms with Gasteiger partial charge in [0.1, 0.15) is 0 Å². The number of aromatic nitrogens is 1. The molecule has 0 atom stereocenters. The molecule has 1 heterocycles. The van der Waals surface area contributed by atoms with Gasteiger partial charge in [-0.3, -0.25) is 9.78 Å². The third-order valence-electron chi connectivity index (χ3n) is 6.94. The number of carbonyl (C=O) groups is 2. The number of rotatable bonds is 8. The van der Waals surface area contributed by atoms with Gasteiger partial charge in [0.15, 0.2) is 0 Å². The minimum absolute atomic E-state index is 0.0184. The first-order valence-electron chi connectivity index (χ1n) is 12.4. The molecule has 0 saturated heterocycles. The Kier molecular flexibility index (Phi) is 7.84. The molecule has 1 aliphatic rings. The third-order valence-corrected chi connectivity index (χ3v) is 6.94. The van der Waals surface area contributed by atoms with Crippen LogP contribution in [0.4, 0.5) is 11.4 Å². The van der Waals surface area contributed by atoms with E-state index in [1.54, 1.807) is 18.3 Å². The number of pyridine rings is 1. The Hall–Kier alpha value is -3.93. The van der Waals surface area contributed by atoms with Crippen molar-refractivity contribution in [2.45, 2.75) is 38.5 Å². The van der Waals surface area contributed by atoms with Crippen LogP contribution in [0.1, 0.15) is 43.4 Å². The van der Waals surface area contributed by atoms with Gasteiger partial charge in [0.25, 0.3) is 0 Å². The van der Waals surface area contributed by atoms with E-state index in [9.17, 15) is 9.59 Å². The van der Waals surface area contributed by atoms with Gasteiger partial charge in [0.05, 0.1) is 11.1 Å². The summed E-state index contributed by atoms with van der Waals surface area (Å²) in [7, 11) is 4.07. The van der Waals surface area contributed by atoms with Crippen molar-refractivity contribution in [1.29, 1.82) is 0 Å². The standard InChI is InChI=1S/C30H33N3O3/c1-33(2)27-13-10-24(11-14-27)23-8-6-22(7-9-23)21-30(17-4-3-5-18-30)29(36)32-26-16-19-31-25(20-26)12-15-28(34)35/h6-16,19-20H,3-5,17-18,21H2,1-2H3,(H,34,35)(H,31,32,36)/b15-12+. The average Bonchev–Trinajstić information content (AvgIpc) is 2.89. The number of aliphatic carboxylic acids is 1. The second-order valence-corrected chi connectivity index (χ2v) is 9.75. The number of nitrogens with zero attached hydrogens (tertiary/aromatic N) is 2. The van der Waals surface area contributed by atoms with E-state index in [2.05, 4.69) is 63.7 Å². The number of benzene rings is 2. The lowest BCUT2D eigenvalue weighted by molar-refractivity contribution is -0.131. The summed E-state index contributed by atoms with van der Waals surface area (Å²) >= 11 is 0. The highest BCUT2D eigenvalue weighted by Gasteiger charge is 2.39. The van der Waals surface area contributed by atoms with Crippen molar-refractivity contribution >= 4 is 29.3 Å². The van der Waals surface area contributed by atoms with Gasteiger partial charge in [-0.25, -0.2) is 4.79 Å². The first kappa shape index (κ1) is 25.2. The van der Waals surface area contributed by atoms with E-state index in [1.807, 2.05) is 14.1 Å². The van der Waals surface area contributed by atoms with Crippen LogP contribution < -0.4 is 10.2 Å². The van der Waals surface area contributed by atoms with Crippen LogP contribution in [0.25, 0.3) is 17.2 Å². The summed E-state index contributed by atoms with van der Waals surface area (Å²) in [4.78, 5) is 30.7. The van der Waals surface area contributed by atoms with Gasteiger partial charge in [-0.05, 0) is 66.3 Å². The van der Waals surface area contributed by atoms with Gasteiger partial charge in [-0.15, -0.1) is 0 Å². The average molecular weight is 484 g/mol. The fourth-order valence-electron chi connectivity index (χ4n) is 4.91. The smallest absolute Gasteiger partial charge is 0.328 e. The second kappa shape index (κ2) is 11.2. The Labute approximate surface area is 212 Å². The maximum absolute atomic E-state index is 13.6. The van der Waals surface area contributed by atoms with Crippen LogP contribution in [0.2, 0.25) is 0 Å². The quantitative estimate of drug-likeness (QED) is 0.382. The zero-order valence-corrected chi connectivity index (χ0v) is 20.9. The molecule has 0 radical (unpaired) electrons. The molecule has 3 aromatic rings. The second-order valence-electron chi connectivity index (χ2n) is 9.75. The third kappa shape index (κ3) is 6.19. The maximum atomic E-state index is 13.6. The van der Waals surface area contributed by atoms with Gasteiger partial charge in [0, 0.05) is 37.7 Å². The molecule has 0 spiro atoms. The van der Waals surface area contributed by atoms with E-state index >= 15 is 0 Å². The molecule has 186 valence electrons. The molecule has 1 fully saturated rings. The van der Waals surface area contributed by atoms with E-state index in [0.717, 1.165) is 49.3 Å². The summed E-state index contributed by atoms with van der Waals surface area (Å²) < 4.78 is 0. The largest absolute Gasteiger partial charge is 0.478 e. The van der Waals surface area contributed by atoms with Crippen molar-refractivity contribution in [3.63, 3.8) is 0 Å². The number of anilines is 2. The monoisotopic (exact) mass is 483 g/mol. The molecule has 0 unspecified atom stereocenters. The predicted molar refractivity (Wildman–Crippen MR) is 145 cm³/mol. The van der Waals surface area contributed by atoms with E-state index < -0.39 is 11.4 Å². The number of hydrogen-bond donors (Lipinski definition) is 2. The molecule has 4 rings (SSSR count). The number of hydrogen-bond acceptors (Lipinski definition) is 4. The normalized spacial score (nSPS) is 14.9. The molecule has 1 aliphatic carbocycles. The first-order valence-corrected chi connectivity index (χ1v) is 12.4. The molecule has 2 N–H and O–H groups in total. The molecule has 1 aromatic heterocycles. The van der Waals surface area contributed by atoms with Crippen molar-refractivity contribution in [3.05, 3.63) is 84.2 Å². The first-order chi connectivity index (χ1) is 17.3. The topological polar surface area (TPSA) is 82.5 Å². The van der Waals surface area contributed by atoms with Crippen LogP contribution >= 0.6 is 0 Å². The van der Waals surface area contributed by atoms with Gasteiger partial charge in [-0.2, -0.15) is 0 Å². The van der Waals surface area contributed by atoms with E-state index in [4.69, 9.17) is 5.11 Å². The molecule has 1 saturated carbocycles. The Morgan fingerprint density at radius 3 is 2.22 bits per heavy atom. The van der Waals surface area contributed by atoms with Crippen LogP contribution in [0.3, 0.4) is 0 Å². The highest BCUT2D eigenvalue weighted by Crippen LogP contribution is 2.40. The zero-order chi connectivity index (χ0) is 25.5. The lowest BCUT2D eigenvalue weighted by Crippen LogP contribution is -2.40. The van der Waals surface area contributed by atoms with Crippen LogP contribution in [-0.2, 0) is 16.0 Å². The lowest BCUT2D eigenvalue weighted by Gasteiger charge is -2.36. The summed E-state index contributed by atoms with van der Waals surface area (Å²) in [5, 5.41) is 11.9. The number of nitrogens with one attached hydrogen (secondary N) is 1. The Morgan fingerprint density at radius 2 is 1.61 bits per heavy atom.